The number of hydrogen-bond acceptors (Lipinski definition) is 1. The van der Waals surface area contributed by atoms with Crippen LogP contribution in [0.5, 0.6) is 0 Å². The van der Waals surface area contributed by atoms with Gasteiger partial charge in [0.2, 0.25) is 0 Å². The van der Waals surface area contributed by atoms with E-state index in [2.05, 4.69) is 0 Å². The molecule has 3 rings (SSSR count). The first-order valence-corrected chi connectivity index (χ1v) is 5.39. The molecule has 3 aliphatic carbocycles. The van der Waals surface area contributed by atoms with Gasteiger partial charge >= 0.3 is 0 Å². The van der Waals surface area contributed by atoms with Crippen LogP contribution in [0.3, 0.4) is 0 Å². The summed E-state index contributed by atoms with van der Waals surface area (Å²) in [5.74, 6) is 3.74. The average molecular weight is 164 g/mol. The van der Waals surface area contributed by atoms with Crippen molar-refractivity contribution >= 4 is 5.78 Å². The van der Waals surface area contributed by atoms with Crippen LogP contribution in [0.15, 0.2) is 0 Å². The van der Waals surface area contributed by atoms with E-state index in [-0.39, 0.29) is 0 Å². The molecule has 0 N–H and O–H groups in total. The number of ketones is 1. The Bertz CT molecular complexity index is 221. The third-order valence-electron chi connectivity index (χ3n) is 4.23. The van der Waals surface area contributed by atoms with Crippen LogP contribution in [0.1, 0.15) is 38.5 Å². The van der Waals surface area contributed by atoms with Gasteiger partial charge in [-0.2, -0.15) is 0 Å². The maximum absolute atomic E-state index is 11.5. The summed E-state index contributed by atoms with van der Waals surface area (Å²) in [6, 6.07) is 0. The van der Waals surface area contributed by atoms with E-state index in [0.29, 0.717) is 11.7 Å². The SMILES string of the molecule is O=C1CC2CCCCC2C2CC12. The van der Waals surface area contributed by atoms with E-state index in [4.69, 9.17) is 0 Å². The Hall–Kier alpha value is -0.330. The van der Waals surface area contributed by atoms with Gasteiger partial charge in [0.25, 0.3) is 0 Å². The summed E-state index contributed by atoms with van der Waals surface area (Å²) in [6.07, 6.45) is 7.77. The minimum Gasteiger partial charge on any atom is -0.299 e. The molecule has 3 saturated carbocycles. The van der Waals surface area contributed by atoms with Crippen molar-refractivity contribution < 1.29 is 4.79 Å². The Labute approximate surface area is 73.5 Å². The van der Waals surface area contributed by atoms with Crippen molar-refractivity contribution in [1.82, 2.24) is 0 Å². The van der Waals surface area contributed by atoms with Gasteiger partial charge in [0, 0.05) is 12.3 Å². The van der Waals surface area contributed by atoms with Gasteiger partial charge in [0.1, 0.15) is 5.78 Å². The number of carbonyl (C=O) groups excluding carboxylic acids is 1. The zero-order chi connectivity index (χ0) is 8.13. The van der Waals surface area contributed by atoms with E-state index < -0.39 is 0 Å². The third-order valence-corrected chi connectivity index (χ3v) is 4.23. The molecule has 0 radical (unpaired) electrons. The van der Waals surface area contributed by atoms with Gasteiger partial charge in [-0.3, -0.25) is 4.79 Å². The predicted octanol–water partition coefficient (Wildman–Crippen LogP) is 2.40. The molecule has 0 heterocycles. The highest BCUT2D eigenvalue weighted by atomic mass is 16.1. The van der Waals surface area contributed by atoms with Crippen LogP contribution in [0.25, 0.3) is 0 Å². The Morgan fingerprint density at radius 2 is 1.92 bits per heavy atom. The summed E-state index contributed by atoms with van der Waals surface area (Å²) in [5, 5.41) is 0. The molecule has 0 saturated heterocycles. The Morgan fingerprint density at radius 3 is 2.83 bits per heavy atom. The molecule has 0 aromatic heterocycles. The summed E-state index contributed by atoms with van der Waals surface area (Å²) in [7, 11) is 0. The predicted molar refractivity (Wildman–Crippen MR) is 46.7 cm³/mol. The normalized spacial score (nSPS) is 51.2. The fraction of sp³-hybridized carbons (Fsp3) is 0.909. The van der Waals surface area contributed by atoms with Crippen LogP contribution in [0.2, 0.25) is 0 Å². The van der Waals surface area contributed by atoms with Gasteiger partial charge in [0.05, 0.1) is 0 Å². The lowest BCUT2D eigenvalue weighted by molar-refractivity contribution is -0.124. The minimum absolute atomic E-state index is 0.532. The topological polar surface area (TPSA) is 17.1 Å². The van der Waals surface area contributed by atoms with E-state index in [9.17, 15) is 4.79 Å². The summed E-state index contributed by atoms with van der Waals surface area (Å²) >= 11 is 0. The summed E-state index contributed by atoms with van der Waals surface area (Å²) in [5.41, 5.74) is 0. The summed E-state index contributed by atoms with van der Waals surface area (Å²) in [6.45, 7) is 0. The molecular formula is C11H16O. The fourth-order valence-corrected chi connectivity index (χ4v) is 3.52. The van der Waals surface area contributed by atoms with Crippen LogP contribution in [0.4, 0.5) is 0 Å². The first kappa shape index (κ1) is 7.11. The molecule has 0 aromatic carbocycles. The number of carbonyl (C=O) groups is 1. The molecule has 12 heavy (non-hydrogen) atoms. The highest BCUT2D eigenvalue weighted by Gasteiger charge is 2.53. The molecule has 3 aliphatic rings. The molecule has 1 nitrogen and oxygen atoms in total. The molecular weight excluding hydrogens is 148 g/mol. The average Bonchev–Trinajstić information content (AvgIpc) is 2.84. The Morgan fingerprint density at radius 1 is 1.08 bits per heavy atom. The lowest BCUT2D eigenvalue weighted by Gasteiger charge is -2.34. The third kappa shape index (κ3) is 0.884. The maximum atomic E-state index is 11.5. The van der Waals surface area contributed by atoms with E-state index in [1.807, 2.05) is 0 Å². The molecule has 0 amide bonds. The monoisotopic (exact) mass is 164 g/mol. The molecule has 0 spiro atoms. The van der Waals surface area contributed by atoms with E-state index >= 15 is 0 Å². The lowest BCUT2D eigenvalue weighted by Crippen LogP contribution is -2.29. The zero-order valence-corrected chi connectivity index (χ0v) is 7.46. The van der Waals surface area contributed by atoms with Crippen molar-refractivity contribution in [2.45, 2.75) is 38.5 Å². The van der Waals surface area contributed by atoms with Crippen molar-refractivity contribution in [2.24, 2.45) is 23.7 Å². The highest BCUT2D eigenvalue weighted by molar-refractivity contribution is 5.85. The van der Waals surface area contributed by atoms with Crippen molar-refractivity contribution in [3.63, 3.8) is 0 Å². The second-order valence-electron chi connectivity index (χ2n) is 4.88. The quantitative estimate of drug-likeness (QED) is 0.537. The van der Waals surface area contributed by atoms with E-state index in [0.717, 1.165) is 24.2 Å². The Kier molecular flexibility index (Phi) is 1.38. The van der Waals surface area contributed by atoms with Gasteiger partial charge in [-0.15, -0.1) is 0 Å². The lowest BCUT2D eigenvalue weighted by atomic mass is 9.70. The van der Waals surface area contributed by atoms with Crippen LogP contribution in [-0.2, 0) is 4.79 Å². The van der Waals surface area contributed by atoms with Gasteiger partial charge in [-0.1, -0.05) is 12.8 Å². The maximum Gasteiger partial charge on any atom is 0.136 e. The molecule has 66 valence electrons. The first-order chi connectivity index (χ1) is 5.86. The molecule has 1 heteroatoms. The molecule has 0 aliphatic heterocycles. The smallest absolute Gasteiger partial charge is 0.136 e. The second kappa shape index (κ2) is 2.34. The van der Waals surface area contributed by atoms with Crippen LogP contribution >= 0.6 is 0 Å². The molecule has 3 fully saturated rings. The molecule has 0 bridgehead atoms. The van der Waals surface area contributed by atoms with Crippen LogP contribution in [0, 0.1) is 23.7 Å². The minimum atomic E-state index is 0.532. The van der Waals surface area contributed by atoms with Crippen molar-refractivity contribution in [3.05, 3.63) is 0 Å². The highest BCUT2D eigenvalue weighted by Crippen LogP contribution is 2.56. The fourth-order valence-electron chi connectivity index (χ4n) is 3.52. The van der Waals surface area contributed by atoms with Gasteiger partial charge in [0.15, 0.2) is 0 Å². The standard InChI is InChI=1S/C11H16O/c12-11-5-7-3-1-2-4-8(7)9-6-10(9)11/h7-10H,1-6H2. The number of Topliss-reactive ketones (excluding diaryl/α,β-unsaturated/α-hetero) is 1. The largest absolute Gasteiger partial charge is 0.299 e. The summed E-state index contributed by atoms with van der Waals surface area (Å²) in [4.78, 5) is 11.5. The summed E-state index contributed by atoms with van der Waals surface area (Å²) < 4.78 is 0. The Balaban J connectivity index is 1.81. The molecule has 4 atom stereocenters. The number of hydrogen-bond donors (Lipinski definition) is 0. The van der Waals surface area contributed by atoms with Gasteiger partial charge < -0.3 is 0 Å². The number of rotatable bonds is 0. The molecule has 0 aromatic rings. The first-order valence-electron chi connectivity index (χ1n) is 5.39. The van der Waals surface area contributed by atoms with Gasteiger partial charge in [-0.05, 0) is 37.0 Å². The molecule has 4 unspecified atom stereocenters. The van der Waals surface area contributed by atoms with Crippen molar-refractivity contribution in [1.29, 1.82) is 0 Å². The van der Waals surface area contributed by atoms with Crippen LogP contribution in [-0.4, -0.2) is 5.78 Å². The van der Waals surface area contributed by atoms with Crippen LogP contribution < -0.4 is 0 Å². The van der Waals surface area contributed by atoms with Crippen molar-refractivity contribution in [2.75, 3.05) is 0 Å². The van der Waals surface area contributed by atoms with Crippen molar-refractivity contribution in [3.8, 4) is 0 Å². The van der Waals surface area contributed by atoms with E-state index in [1.165, 1.54) is 32.1 Å². The second-order valence-corrected chi connectivity index (χ2v) is 4.88. The van der Waals surface area contributed by atoms with Gasteiger partial charge in [-0.25, -0.2) is 0 Å². The number of fused-ring (bicyclic) bond motifs is 3. The zero-order valence-electron chi connectivity index (χ0n) is 7.46. The van der Waals surface area contributed by atoms with E-state index in [1.54, 1.807) is 0 Å².